The molecule has 0 aliphatic heterocycles. The van der Waals surface area contributed by atoms with Crippen molar-refractivity contribution in [3.05, 3.63) is 71.4 Å². The number of carbonyl (C=O) groups is 3. The van der Waals surface area contributed by atoms with E-state index in [9.17, 15) is 14.4 Å². The van der Waals surface area contributed by atoms with Gasteiger partial charge in [0.2, 0.25) is 5.88 Å². The Hall–Kier alpha value is -4.14. The third kappa shape index (κ3) is 4.62. The van der Waals surface area contributed by atoms with Gasteiger partial charge >= 0.3 is 12.1 Å². The van der Waals surface area contributed by atoms with E-state index in [0.29, 0.717) is 0 Å². The van der Waals surface area contributed by atoms with Gasteiger partial charge in [0.15, 0.2) is 5.69 Å². The maximum atomic E-state index is 12.4. The molecular formula is C26H25N3O6. The van der Waals surface area contributed by atoms with Gasteiger partial charge in [-0.15, -0.1) is 0 Å². The van der Waals surface area contributed by atoms with Crippen molar-refractivity contribution < 1.29 is 28.8 Å². The Labute approximate surface area is 201 Å². The van der Waals surface area contributed by atoms with Gasteiger partial charge < -0.3 is 19.7 Å². The van der Waals surface area contributed by atoms with E-state index >= 15 is 0 Å². The van der Waals surface area contributed by atoms with E-state index in [0.717, 1.165) is 41.5 Å². The molecule has 0 spiro atoms. The maximum Gasteiger partial charge on any atom is 0.414 e. The van der Waals surface area contributed by atoms with Crippen molar-refractivity contribution in [2.45, 2.75) is 31.6 Å². The largest absolute Gasteiger partial charge is 0.481 e. The average Bonchev–Trinajstić information content (AvgIpc) is 3.42. The summed E-state index contributed by atoms with van der Waals surface area (Å²) < 4.78 is 10.5. The van der Waals surface area contributed by atoms with Crippen molar-refractivity contribution in [3.8, 4) is 11.1 Å². The van der Waals surface area contributed by atoms with E-state index in [1.165, 1.54) is 6.07 Å². The van der Waals surface area contributed by atoms with E-state index in [-0.39, 0.29) is 37.1 Å². The highest BCUT2D eigenvalue weighted by atomic mass is 16.6. The van der Waals surface area contributed by atoms with Gasteiger partial charge in [-0.2, -0.15) is 0 Å². The quantitative estimate of drug-likeness (QED) is 0.440. The zero-order valence-corrected chi connectivity index (χ0v) is 19.0. The van der Waals surface area contributed by atoms with Crippen molar-refractivity contribution in [2.24, 2.45) is 5.41 Å². The molecule has 1 fully saturated rings. The molecule has 0 radical (unpaired) electrons. The molecule has 2 aromatic carbocycles. The molecule has 180 valence electrons. The Kier molecular flexibility index (Phi) is 5.98. The molecule has 5 rings (SSSR count). The topological polar surface area (TPSA) is 131 Å². The number of carbonyl (C=O) groups excluding carboxylic acids is 2. The first-order chi connectivity index (χ1) is 16.9. The number of nitrogens with one attached hydrogen (secondary N) is 2. The van der Waals surface area contributed by atoms with Gasteiger partial charge in [0.25, 0.3) is 5.91 Å². The van der Waals surface area contributed by atoms with E-state index in [1.54, 1.807) is 0 Å². The smallest absolute Gasteiger partial charge is 0.414 e. The molecule has 9 nitrogen and oxygen atoms in total. The Morgan fingerprint density at radius 1 is 1.06 bits per heavy atom. The number of carboxylic acids is 1. The average molecular weight is 476 g/mol. The summed E-state index contributed by atoms with van der Waals surface area (Å²) in [5.74, 6) is -1.47. The lowest BCUT2D eigenvalue weighted by molar-refractivity contribution is -0.141. The van der Waals surface area contributed by atoms with Crippen LogP contribution in [0.15, 0.2) is 59.1 Å². The molecule has 3 aromatic rings. The van der Waals surface area contributed by atoms with Crippen molar-refractivity contribution in [1.29, 1.82) is 0 Å². The number of aromatic nitrogens is 1. The summed E-state index contributed by atoms with van der Waals surface area (Å²) in [6, 6.07) is 17.4. The van der Waals surface area contributed by atoms with Crippen LogP contribution in [-0.4, -0.2) is 41.4 Å². The zero-order chi connectivity index (χ0) is 24.4. The van der Waals surface area contributed by atoms with Crippen molar-refractivity contribution in [1.82, 2.24) is 10.5 Å². The molecule has 9 heteroatoms. The van der Waals surface area contributed by atoms with Gasteiger partial charge in [-0.3, -0.25) is 14.9 Å². The number of fused-ring (bicyclic) bond motifs is 3. The lowest BCUT2D eigenvalue weighted by atomic mass is 9.66. The monoisotopic (exact) mass is 475 g/mol. The number of carboxylic acid groups (broad SMARTS) is 1. The van der Waals surface area contributed by atoms with E-state index < -0.39 is 23.4 Å². The first-order valence-electron chi connectivity index (χ1n) is 11.5. The Morgan fingerprint density at radius 2 is 1.71 bits per heavy atom. The summed E-state index contributed by atoms with van der Waals surface area (Å²) in [5.41, 5.74) is 4.06. The number of anilines is 1. The third-order valence-electron chi connectivity index (χ3n) is 6.88. The molecule has 0 unspecified atom stereocenters. The zero-order valence-electron chi connectivity index (χ0n) is 19.0. The summed E-state index contributed by atoms with van der Waals surface area (Å²) in [4.78, 5) is 35.9. The van der Waals surface area contributed by atoms with Gasteiger partial charge in [-0.25, -0.2) is 4.79 Å². The molecule has 0 bridgehead atoms. The standard InChI is InChI=1S/C26H25N3O6/c30-23(31)13-26(10-5-11-26)15-27-24(32)21-12-22(35-29-21)28-25(33)34-14-20-18-8-3-1-6-16(18)17-7-2-4-9-19(17)20/h1-4,6-9,12,20H,5,10-11,13-15H2,(H,27,32)(H,28,33)(H,30,31). The molecule has 1 aromatic heterocycles. The van der Waals surface area contributed by atoms with Gasteiger partial charge in [0, 0.05) is 18.5 Å². The number of rotatable bonds is 8. The molecule has 2 aliphatic rings. The highest BCUT2D eigenvalue weighted by Crippen LogP contribution is 2.45. The fourth-order valence-electron chi connectivity index (χ4n) is 4.95. The molecule has 3 N–H and O–H groups in total. The molecule has 1 heterocycles. The van der Waals surface area contributed by atoms with E-state index in [2.05, 4.69) is 27.9 Å². The van der Waals surface area contributed by atoms with Crippen LogP contribution in [0.5, 0.6) is 0 Å². The second kappa shape index (κ2) is 9.25. The van der Waals surface area contributed by atoms with Crippen LogP contribution in [0.2, 0.25) is 0 Å². The second-order valence-corrected chi connectivity index (χ2v) is 9.13. The van der Waals surface area contributed by atoms with Crippen LogP contribution in [0.1, 0.15) is 53.2 Å². The molecule has 35 heavy (non-hydrogen) atoms. The Morgan fingerprint density at radius 3 is 2.31 bits per heavy atom. The van der Waals surface area contributed by atoms with Gasteiger partial charge in [0.05, 0.1) is 6.42 Å². The fraction of sp³-hybridized carbons (Fsp3) is 0.308. The summed E-state index contributed by atoms with van der Waals surface area (Å²) in [7, 11) is 0. The van der Waals surface area contributed by atoms with Crippen LogP contribution >= 0.6 is 0 Å². The summed E-state index contributed by atoms with van der Waals surface area (Å²) in [5, 5.41) is 18.0. The van der Waals surface area contributed by atoms with Crippen LogP contribution in [0.4, 0.5) is 10.7 Å². The maximum absolute atomic E-state index is 12.4. The first kappa shape index (κ1) is 22.6. The van der Waals surface area contributed by atoms with Crippen LogP contribution < -0.4 is 10.6 Å². The minimum absolute atomic E-state index is 0.0104. The number of amides is 2. The minimum atomic E-state index is -0.880. The predicted octanol–water partition coefficient (Wildman–Crippen LogP) is 4.41. The van der Waals surface area contributed by atoms with Crippen molar-refractivity contribution >= 4 is 23.9 Å². The molecule has 2 aliphatic carbocycles. The molecule has 1 saturated carbocycles. The number of hydrogen-bond acceptors (Lipinski definition) is 6. The number of benzene rings is 2. The second-order valence-electron chi connectivity index (χ2n) is 9.13. The lowest BCUT2D eigenvalue weighted by Gasteiger charge is -2.40. The lowest BCUT2D eigenvalue weighted by Crippen LogP contribution is -2.43. The van der Waals surface area contributed by atoms with Crippen molar-refractivity contribution in [2.75, 3.05) is 18.5 Å². The predicted molar refractivity (Wildman–Crippen MR) is 126 cm³/mol. The highest BCUT2D eigenvalue weighted by molar-refractivity contribution is 5.94. The van der Waals surface area contributed by atoms with E-state index in [4.69, 9.17) is 14.4 Å². The number of hydrogen-bond donors (Lipinski definition) is 3. The summed E-state index contributed by atoms with van der Waals surface area (Å²) >= 11 is 0. The molecular weight excluding hydrogens is 450 g/mol. The van der Waals surface area contributed by atoms with Gasteiger partial charge in [-0.1, -0.05) is 60.1 Å². The van der Waals surface area contributed by atoms with Gasteiger partial charge in [0.1, 0.15) is 6.61 Å². The number of aliphatic carboxylic acids is 1. The van der Waals surface area contributed by atoms with Gasteiger partial charge in [-0.05, 0) is 40.5 Å². The molecule has 0 atom stereocenters. The first-order valence-corrected chi connectivity index (χ1v) is 11.5. The van der Waals surface area contributed by atoms with Crippen LogP contribution in [-0.2, 0) is 9.53 Å². The number of ether oxygens (including phenoxy) is 1. The number of nitrogens with zero attached hydrogens (tertiary/aromatic N) is 1. The van der Waals surface area contributed by atoms with Crippen LogP contribution in [0, 0.1) is 5.41 Å². The fourth-order valence-corrected chi connectivity index (χ4v) is 4.95. The molecule has 2 amide bonds. The summed E-state index contributed by atoms with van der Waals surface area (Å²) in [6.45, 7) is 0.396. The normalized spacial score (nSPS) is 15.4. The SMILES string of the molecule is O=C(O)CC1(CNC(=O)c2cc(NC(=O)OCC3c4ccccc4-c4ccccc43)on2)CCC1. The molecule has 0 saturated heterocycles. The van der Waals surface area contributed by atoms with Crippen molar-refractivity contribution in [3.63, 3.8) is 0 Å². The Balaban J connectivity index is 1.16. The Bertz CT molecular complexity index is 1230. The van der Waals surface area contributed by atoms with Crippen LogP contribution in [0.3, 0.4) is 0 Å². The van der Waals surface area contributed by atoms with Crippen LogP contribution in [0.25, 0.3) is 11.1 Å². The third-order valence-corrected chi connectivity index (χ3v) is 6.88. The minimum Gasteiger partial charge on any atom is -0.481 e. The highest BCUT2D eigenvalue weighted by Gasteiger charge is 2.39. The summed E-state index contributed by atoms with van der Waals surface area (Å²) in [6.07, 6.45) is 1.76. The van der Waals surface area contributed by atoms with E-state index in [1.807, 2.05) is 36.4 Å².